The van der Waals surface area contributed by atoms with E-state index in [1.165, 1.54) is 10.6 Å². The van der Waals surface area contributed by atoms with Crippen molar-refractivity contribution < 1.29 is 19.4 Å². The van der Waals surface area contributed by atoms with E-state index in [4.69, 9.17) is 9.47 Å². The largest absolute Gasteiger partial charge is 0.513 e. The highest BCUT2D eigenvalue weighted by atomic mass is 16.7. The van der Waals surface area contributed by atoms with E-state index in [1.54, 1.807) is 13.0 Å². The summed E-state index contributed by atoms with van der Waals surface area (Å²) in [6, 6.07) is 16.4. The summed E-state index contributed by atoms with van der Waals surface area (Å²) in [4.78, 5) is 24.3. The van der Waals surface area contributed by atoms with E-state index in [-0.39, 0.29) is 23.9 Å². The molecule has 0 aliphatic rings. The normalized spacial score (nSPS) is 10.9. The predicted molar refractivity (Wildman–Crippen MR) is 116 cm³/mol. The Bertz CT molecular complexity index is 1320. The predicted octanol–water partition coefficient (Wildman–Crippen LogP) is 4.18. The Morgan fingerprint density at radius 1 is 1.10 bits per heavy atom. The zero-order valence-corrected chi connectivity index (χ0v) is 17.1. The molecule has 0 bridgehead atoms. The van der Waals surface area contributed by atoms with Crippen LogP contribution in [0.25, 0.3) is 27.8 Å². The van der Waals surface area contributed by atoms with E-state index in [0.717, 1.165) is 10.8 Å². The highest BCUT2D eigenvalue weighted by Crippen LogP contribution is 2.35. The van der Waals surface area contributed by atoms with Crippen LogP contribution in [0, 0.1) is 0 Å². The third-order valence-corrected chi connectivity index (χ3v) is 4.92. The number of aromatic amines is 1. The smallest absolute Gasteiger partial charge is 0.507 e. The summed E-state index contributed by atoms with van der Waals surface area (Å²) >= 11 is 0. The van der Waals surface area contributed by atoms with Crippen LogP contribution in [0.4, 0.5) is 4.79 Å². The quantitative estimate of drug-likeness (QED) is 0.371. The molecule has 3 aromatic carbocycles. The Morgan fingerprint density at radius 3 is 2.61 bits per heavy atom. The molecule has 0 aliphatic carbocycles. The molecule has 4 aromatic rings. The van der Waals surface area contributed by atoms with Crippen LogP contribution >= 0.6 is 0 Å². The number of fused-ring (bicyclic) bond motifs is 1. The molecule has 8 nitrogen and oxygen atoms in total. The lowest BCUT2D eigenvalue weighted by Gasteiger charge is -2.13. The number of aryl methyl sites for hydroxylation is 1. The second-order valence-corrected chi connectivity index (χ2v) is 6.83. The van der Waals surface area contributed by atoms with Gasteiger partial charge in [-0.05, 0) is 47.9 Å². The number of phenolic OH excluding ortho intramolecular Hbond substituents is 1. The number of nitrogens with one attached hydrogen (secondary N) is 1. The van der Waals surface area contributed by atoms with Gasteiger partial charge in [-0.25, -0.2) is 19.3 Å². The van der Waals surface area contributed by atoms with Gasteiger partial charge >= 0.3 is 11.8 Å². The lowest BCUT2D eigenvalue weighted by molar-refractivity contribution is 0.104. The number of hydrogen-bond acceptors (Lipinski definition) is 6. The van der Waals surface area contributed by atoms with E-state index in [0.29, 0.717) is 23.2 Å². The van der Waals surface area contributed by atoms with Crippen LogP contribution in [0.1, 0.15) is 19.4 Å². The fourth-order valence-corrected chi connectivity index (χ4v) is 3.43. The highest BCUT2D eigenvalue weighted by molar-refractivity contribution is 5.84. The van der Waals surface area contributed by atoms with Crippen molar-refractivity contribution in [1.29, 1.82) is 0 Å². The third-order valence-electron chi connectivity index (χ3n) is 4.92. The summed E-state index contributed by atoms with van der Waals surface area (Å²) in [6.07, 6.45) is -0.329. The number of nitrogens with zero attached hydrogens (tertiary/aromatic N) is 2. The minimum atomic E-state index is -0.850. The van der Waals surface area contributed by atoms with Gasteiger partial charge in [0.15, 0.2) is 5.82 Å². The average molecular weight is 419 g/mol. The molecule has 0 amide bonds. The standard InChI is InChI=1S/C23H21N3O5/c1-3-14-12-18(19(27)13-20(14)31-23(29)30-4-2)21-24-25-22(28)26(21)17-10-9-15-7-5-6-8-16(15)11-17/h5-13,27H,3-4H2,1-2H3,(H,25,28). The van der Waals surface area contributed by atoms with Gasteiger partial charge < -0.3 is 14.6 Å². The number of phenols is 1. The summed E-state index contributed by atoms with van der Waals surface area (Å²) in [5.74, 6) is 0.255. The van der Waals surface area contributed by atoms with Crippen molar-refractivity contribution >= 4 is 16.9 Å². The van der Waals surface area contributed by atoms with E-state index < -0.39 is 11.8 Å². The number of H-pyrrole nitrogens is 1. The molecule has 0 saturated carbocycles. The van der Waals surface area contributed by atoms with Gasteiger partial charge in [0.2, 0.25) is 0 Å². The van der Waals surface area contributed by atoms with Gasteiger partial charge in [0.25, 0.3) is 0 Å². The molecule has 0 radical (unpaired) electrons. The van der Waals surface area contributed by atoms with Gasteiger partial charge in [0.1, 0.15) is 11.5 Å². The van der Waals surface area contributed by atoms with Crippen LogP contribution in [0.2, 0.25) is 0 Å². The Kier molecular flexibility index (Phi) is 5.44. The van der Waals surface area contributed by atoms with Crippen LogP contribution in [0.5, 0.6) is 11.5 Å². The van der Waals surface area contributed by atoms with Crippen LogP contribution in [-0.4, -0.2) is 32.6 Å². The van der Waals surface area contributed by atoms with Gasteiger partial charge in [-0.3, -0.25) is 0 Å². The fourth-order valence-electron chi connectivity index (χ4n) is 3.43. The molecule has 0 fully saturated rings. The van der Waals surface area contributed by atoms with Crippen molar-refractivity contribution in [2.45, 2.75) is 20.3 Å². The Hall–Kier alpha value is -4.07. The zero-order valence-electron chi connectivity index (χ0n) is 17.1. The fraction of sp³-hybridized carbons (Fsp3) is 0.174. The number of carbonyl (C=O) groups excluding carboxylic acids is 1. The molecule has 0 saturated heterocycles. The maximum absolute atomic E-state index is 12.6. The summed E-state index contributed by atoms with van der Waals surface area (Å²) < 4.78 is 11.4. The maximum atomic E-state index is 12.6. The van der Waals surface area contributed by atoms with Crippen molar-refractivity contribution in [3.05, 3.63) is 70.6 Å². The first-order valence-corrected chi connectivity index (χ1v) is 9.89. The molecular weight excluding hydrogens is 398 g/mol. The molecule has 0 atom stereocenters. The molecule has 0 unspecified atom stereocenters. The third kappa shape index (κ3) is 3.87. The second-order valence-electron chi connectivity index (χ2n) is 6.83. The molecular formula is C23H21N3O5. The average Bonchev–Trinajstić information content (AvgIpc) is 3.15. The minimum Gasteiger partial charge on any atom is -0.507 e. The number of aromatic nitrogens is 3. The molecule has 4 rings (SSSR count). The van der Waals surface area contributed by atoms with Crippen molar-refractivity contribution in [2.75, 3.05) is 6.61 Å². The van der Waals surface area contributed by atoms with Crippen molar-refractivity contribution in [3.8, 4) is 28.6 Å². The first kappa shape index (κ1) is 20.2. The number of hydrogen-bond donors (Lipinski definition) is 2. The van der Waals surface area contributed by atoms with Gasteiger partial charge in [-0.15, -0.1) is 0 Å². The lowest BCUT2D eigenvalue weighted by Crippen LogP contribution is -2.15. The van der Waals surface area contributed by atoms with Crippen LogP contribution in [0.3, 0.4) is 0 Å². The van der Waals surface area contributed by atoms with Crippen molar-refractivity contribution in [3.63, 3.8) is 0 Å². The topological polar surface area (TPSA) is 106 Å². The molecule has 0 aliphatic heterocycles. The van der Waals surface area contributed by atoms with Gasteiger partial charge in [0, 0.05) is 6.07 Å². The van der Waals surface area contributed by atoms with Crippen LogP contribution in [0.15, 0.2) is 59.4 Å². The van der Waals surface area contributed by atoms with E-state index in [1.807, 2.05) is 49.4 Å². The summed E-state index contributed by atoms with van der Waals surface area (Å²) in [7, 11) is 0. The first-order valence-electron chi connectivity index (χ1n) is 9.89. The highest BCUT2D eigenvalue weighted by Gasteiger charge is 2.20. The number of rotatable bonds is 5. The molecule has 31 heavy (non-hydrogen) atoms. The Morgan fingerprint density at radius 2 is 1.87 bits per heavy atom. The molecule has 2 N–H and O–H groups in total. The van der Waals surface area contributed by atoms with Crippen molar-refractivity contribution in [2.24, 2.45) is 0 Å². The first-order chi connectivity index (χ1) is 15.0. The lowest BCUT2D eigenvalue weighted by atomic mass is 10.1. The zero-order chi connectivity index (χ0) is 22.0. The molecule has 158 valence electrons. The summed E-state index contributed by atoms with van der Waals surface area (Å²) in [5.41, 5.74) is 1.16. The second kappa shape index (κ2) is 8.35. The van der Waals surface area contributed by atoms with E-state index >= 15 is 0 Å². The van der Waals surface area contributed by atoms with E-state index in [2.05, 4.69) is 10.2 Å². The number of benzene rings is 3. The SMILES string of the molecule is CCOC(=O)Oc1cc(O)c(-c2n[nH]c(=O)n2-c2ccc3ccccc3c2)cc1CC. The molecule has 0 spiro atoms. The Balaban J connectivity index is 1.82. The summed E-state index contributed by atoms with van der Waals surface area (Å²) in [6.45, 7) is 3.73. The molecule has 1 aromatic heterocycles. The summed E-state index contributed by atoms with van der Waals surface area (Å²) in [5, 5.41) is 19.3. The van der Waals surface area contributed by atoms with Crippen LogP contribution in [-0.2, 0) is 11.2 Å². The molecule has 8 heteroatoms. The Labute approximate surface area is 177 Å². The number of ether oxygens (including phenoxy) is 2. The van der Waals surface area contributed by atoms with Gasteiger partial charge in [-0.2, -0.15) is 5.10 Å². The van der Waals surface area contributed by atoms with Gasteiger partial charge in [-0.1, -0.05) is 37.3 Å². The monoisotopic (exact) mass is 419 g/mol. The van der Waals surface area contributed by atoms with Gasteiger partial charge in [0.05, 0.1) is 17.9 Å². The van der Waals surface area contributed by atoms with E-state index in [9.17, 15) is 14.7 Å². The minimum absolute atomic E-state index is 0.176. The number of aromatic hydroxyl groups is 1. The van der Waals surface area contributed by atoms with Crippen LogP contribution < -0.4 is 10.4 Å². The van der Waals surface area contributed by atoms with Crippen molar-refractivity contribution in [1.82, 2.24) is 14.8 Å². The molecule has 1 heterocycles. The number of carbonyl (C=O) groups is 1. The maximum Gasteiger partial charge on any atom is 0.513 e.